The SMILES string of the molecule is NC(=O)c1cnn(C2CCN(CC3CCOCC3)C2)c1. The zero-order chi connectivity index (χ0) is 13.9. The number of primary amides is 1. The third-order valence-corrected chi connectivity index (χ3v) is 4.36. The molecule has 2 aliphatic heterocycles. The highest BCUT2D eigenvalue weighted by Gasteiger charge is 2.27. The summed E-state index contributed by atoms with van der Waals surface area (Å²) in [6.07, 6.45) is 6.76. The van der Waals surface area contributed by atoms with Crippen molar-refractivity contribution in [1.29, 1.82) is 0 Å². The summed E-state index contributed by atoms with van der Waals surface area (Å²) in [5, 5.41) is 4.27. The second-order valence-electron chi connectivity index (χ2n) is 5.83. The van der Waals surface area contributed by atoms with Crippen LogP contribution in [0.25, 0.3) is 0 Å². The summed E-state index contributed by atoms with van der Waals surface area (Å²) in [5.41, 5.74) is 5.76. The highest BCUT2D eigenvalue weighted by Crippen LogP contribution is 2.24. The van der Waals surface area contributed by atoms with Gasteiger partial charge < -0.3 is 15.4 Å². The van der Waals surface area contributed by atoms with Gasteiger partial charge >= 0.3 is 0 Å². The quantitative estimate of drug-likeness (QED) is 0.878. The molecule has 20 heavy (non-hydrogen) atoms. The molecule has 6 heteroatoms. The minimum Gasteiger partial charge on any atom is -0.381 e. The fraction of sp³-hybridized carbons (Fsp3) is 0.714. The van der Waals surface area contributed by atoms with Gasteiger partial charge in [0.2, 0.25) is 0 Å². The van der Waals surface area contributed by atoms with Gasteiger partial charge in [-0.1, -0.05) is 0 Å². The number of rotatable bonds is 4. The second kappa shape index (κ2) is 5.93. The average Bonchev–Trinajstić information content (AvgIpc) is 3.08. The summed E-state index contributed by atoms with van der Waals surface area (Å²) in [6, 6.07) is 0.364. The first kappa shape index (κ1) is 13.6. The molecular weight excluding hydrogens is 256 g/mol. The molecule has 110 valence electrons. The number of nitrogens with two attached hydrogens (primary N) is 1. The predicted octanol–water partition coefficient (Wildman–Crippen LogP) is 0.655. The minimum absolute atomic E-state index is 0.364. The zero-order valence-electron chi connectivity index (χ0n) is 11.7. The largest absolute Gasteiger partial charge is 0.381 e. The van der Waals surface area contributed by atoms with E-state index >= 15 is 0 Å². The van der Waals surface area contributed by atoms with E-state index in [0.29, 0.717) is 11.6 Å². The predicted molar refractivity (Wildman–Crippen MR) is 74.4 cm³/mol. The molecular formula is C14H22N4O2. The molecule has 1 aromatic rings. The lowest BCUT2D eigenvalue weighted by Gasteiger charge is -2.26. The Labute approximate surface area is 118 Å². The van der Waals surface area contributed by atoms with Crippen molar-refractivity contribution >= 4 is 5.91 Å². The number of carbonyl (C=O) groups excluding carboxylic acids is 1. The fourth-order valence-corrected chi connectivity index (χ4v) is 3.15. The maximum Gasteiger partial charge on any atom is 0.251 e. The van der Waals surface area contributed by atoms with Crippen LogP contribution in [-0.4, -0.2) is 53.4 Å². The summed E-state index contributed by atoms with van der Waals surface area (Å²) in [7, 11) is 0. The highest BCUT2D eigenvalue weighted by atomic mass is 16.5. The topological polar surface area (TPSA) is 73.4 Å². The molecule has 0 saturated carbocycles. The van der Waals surface area contributed by atoms with Gasteiger partial charge in [-0.25, -0.2) is 0 Å². The van der Waals surface area contributed by atoms with Crippen molar-refractivity contribution in [3.63, 3.8) is 0 Å². The monoisotopic (exact) mass is 278 g/mol. The van der Waals surface area contributed by atoms with Crippen LogP contribution in [-0.2, 0) is 4.74 Å². The summed E-state index contributed by atoms with van der Waals surface area (Å²) in [6.45, 7) is 5.08. The number of aromatic nitrogens is 2. The average molecular weight is 278 g/mol. The molecule has 0 aliphatic carbocycles. The smallest absolute Gasteiger partial charge is 0.251 e. The van der Waals surface area contributed by atoms with Gasteiger partial charge in [0.05, 0.1) is 17.8 Å². The molecule has 2 aliphatic rings. The molecule has 3 heterocycles. The number of ether oxygens (including phenoxy) is 1. The number of nitrogens with zero attached hydrogens (tertiary/aromatic N) is 3. The molecule has 0 radical (unpaired) electrons. The molecule has 1 unspecified atom stereocenters. The molecule has 1 amide bonds. The Hall–Kier alpha value is -1.40. The Morgan fingerprint density at radius 3 is 2.90 bits per heavy atom. The minimum atomic E-state index is -0.409. The van der Waals surface area contributed by atoms with Gasteiger partial charge in [-0.05, 0) is 25.2 Å². The highest BCUT2D eigenvalue weighted by molar-refractivity contribution is 5.92. The molecule has 0 spiro atoms. The number of likely N-dealkylation sites (tertiary alicyclic amines) is 1. The Morgan fingerprint density at radius 1 is 1.40 bits per heavy atom. The first-order valence-corrected chi connectivity index (χ1v) is 7.36. The first-order chi connectivity index (χ1) is 9.72. The van der Waals surface area contributed by atoms with Gasteiger partial charge in [0, 0.05) is 39.0 Å². The third kappa shape index (κ3) is 3.02. The molecule has 6 nitrogen and oxygen atoms in total. The number of hydrogen-bond donors (Lipinski definition) is 1. The van der Waals surface area contributed by atoms with Crippen LogP contribution in [0.1, 0.15) is 35.7 Å². The lowest BCUT2D eigenvalue weighted by atomic mass is 10.00. The number of hydrogen-bond acceptors (Lipinski definition) is 4. The van der Waals surface area contributed by atoms with Crippen molar-refractivity contribution in [1.82, 2.24) is 14.7 Å². The van der Waals surface area contributed by atoms with Crippen molar-refractivity contribution in [2.45, 2.75) is 25.3 Å². The number of carbonyl (C=O) groups is 1. The molecule has 2 saturated heterocycles. The van der Waals surface area contributed by atoms with Crippen molar-refractivity contribution in [3.8, 4) is 0 Å². The van der Waals surface area contributed by atoms with E-state index in [4.69, 9.17) is 10.5 Å². The van der Waals surface area contributed by atoms with Gasteiger partial charge in [0.25, 0.3) is 5.91 Å². The Bertz CT molecular complexity index is 467. The van der Waals surface area contributed by atoms with Crippen LogP contribution in [0.5, 0.6) is 0 Å². The lowest BCUT2D eigenvalue weighted by Crippen LogP contribution is -2.31. The maximum atomic E-state index is 11.1. The van der Waals surface area contributed by atoms with E-state index in [9.17, 15) is 4.79 Å². The van der Waals surface area contributed by atoms with Crippen molar-refractivity contribution in [3.05, 3.63) is 18.0 Å². The summed E-state index contributed by atoms with van der Waals surface area (Å²) < 4.78 is 7.30. The van der Waals surface area contributed by atoms with Crippen LogP contribution in [0.2, 0.25) is 0 Å². The van der Waals surface area contributed by atoms with Crippen molar-refractivity contribution < 1.29 is 9.53 Å². The van der Waals surface area contributed by atoms with Gasteiger partial charge in [0.15, 0.2) is 0 Å². The van der Waals surface area contributed by atoms with Crippen LogP contribution in [0.15, 0.2) is 12.4 Å². The molecule has 1 aromatic heterocycles. The van der Waals surface area contributed by atoms with Crippen LogP contribution in [0.3, 0.4) is 0 Å². The Morgan fingerprint density at radius 2 is 2.20 bits per heavy atom. The molecule has 0 bridgehead atoms. The number of amides is 1. The van der Waals surface area contributed by atoms with E-state index in [1.807, 2.05) is 4.68 Å². The van der Waals surface area contributed by atoms with E-state index in [0.717, 1.165) is 45.2 Å². The summed E-state index contributed by atoms with van der Waals surface area (Å²) in [4.78, 5) is 13.6. The summed E-state index contributed by atoms with van der Waals surface area (Å²) >= 11 is 0. The van der Waals surface area contributed by atoms with Gasteiger partial charge in [0.1, 0.15) is 0 Å². The molecule has 2 N–H and O–H groups in total. The standard InChI is InChI=1S/C14H22N4O2/c15-14(19)12-7-16-18(9-12)13-1-4-17(10-13)8-11-2-5-20-6-3-11/h7,9,11,13H,1-6,8,10H2,(H2,15,19). The van der Waals surface area contributed by atoms with E-state index in [1.165, 1.54) is 12.8 Å². The molecule has 0 aromatic carbocycles. The first-order valence-electron chi connectivity index (χ1n) is 7.36. The molecule has 1 atom stereocenters. The van der Waals surface area contributed by atoms with Crippen LogP contribution >= 0.6 is 0 Å². The third-order valence-electron chi connectivity index (χ3n) is 4.36. The lowest BCUT2D eigenvalue weighted by molar-refractivity contribution is 0.0551. The van der Waals surface area contributed by atoms with E-state index in [1.54, 1.807) is 12.4 Å². The van der Waals surface area contributed by atoms with Gasteiger partial charge in [-0.2, -0.15) is 5.10 Å². The molecule has 2 fully saturated rings. The zero-order valence-corrected chi connectivity index (χ0v) is 11.7. The van der Waals surface area contributed by atoms with Crippen LogP contribution in [0, 0.1) is 5.92 Å². The van der Waals surface area contributed by atoms with Crippen LogP contribution in [0.4, 0.5) is 0 Å². The van der Waals surface area contributed by atoms with E-state index in [-0.39, 0.29) is 0 Å². The van der Waals surface area contributed by atoms with Crippen LogP contribution < -0.4 is 5.73 Å². The second-order valence-corrected chi connectivity index (χ2v) is 5.83. The Kier molecular flexibility index (Phi) is 4.03. The Balaban J connectivity index is 1.54. The fourth-order valence-electron chi connectivity index (χ4n) is 3.15. The van der Waals surface area contributed by atoms with E-state index < -0.39 is 5.91 Å². The van der Waals surface area contributed by atoms with E-state index in [2.05, 4.69) is 10.00 Å². The maximum absolute atomic E-state index is 11.1. The molecule has 3 rings (SSSR count). The van der Waals surface area contributed by atoms with Gasteiger partial charge in [-0.3, -0.25) is 9.48 Å². The van der Waals surface area contributed by atoms with Crippen molar-refractivity contribution in [2.24, 2.45) is 11.7 Å². The van der Waals surface area contributed by atoms with Crippen molar-refractivity contribution in [2.75, 3.05) is 32.8 Å². The van der Waals surface area contributed by atoms with Gasteiger partial charge in [-0.15, -0.1) is 0 Å². The summed E-state index contributed by atoms with van der Waals surface area (Å²) in [5.74, 6) is 0.356. The normalized spacial score (nSPS) is 25.1.